The van der Waals surface area contributed by atoms with Crippen LogP contribution >= 0.6 is 0 Å². The molecule has 2 aliphatic rings. The third-order valence-electron chi connectivity index (χ3n) is 6.29. The van der Waals surface area contributed by atoms with Crippen molar-refractivity contribution < 1.29 is 14.3 Å². The maximum atomic E-state index is 12.9. The van der Waals surface area contributed by atoms with Crippen molar-refractivity contribution in [3.05, 3.63) is 65.7 Å². The van der Waals surface area contributed by atoms with Crippen molar-refractivity contribution in [2.75, 3.05) is 26.7 Å². The molecule has 4 rings (SSSR count). The van der Waals surface area contributed by atoms with Crippen LogP contribution in [0.25, 0.3) is 0 Å². The number of benzene rings is 2. The van der Waals surface area contributed by atoms with Crippen LogP contribution in [0.1, 0.15) is 35.2 Å². The van der Waals surface area contributed by atoms with Gasteiger partial charge in [-0.2, -0.15) is 0 Å². The van der Waals surface area contributed by atoms with E-state index in [-0.39, 0.29) is 11.8 Å². The van der Waals surface area contributed by atoms with Gasteiger partial charge in [0.2, 0.25) is 5.91 Å². The van der Waals surface area contributed by atoms with Gasteiger partial charge in [-0.15, -0.1) is 0 Å². The average molecular weight is 392 g/mol. The van der Waals surface area contributed by atoms with Gasteiger partial charge in [-0.05, 0) is 54.5 Å². The molecule has 0 aromatic heterocycles. The molecule has 0 bridgehead atoms. The predicted molar refractivity (Wildman–Crippen MR) is 112 cm³/mol. The van der Waals surface area contributed by atoms with Crippen LogP contribution in [-0.4, -0.2) is 48.4 Å². The standard InChI is InChI=1S/C24H28N2O3/c1-29-22-9-7-18(8-10-22)16-25-13-12-21-17-26(14-11-20(21)15-23(25)27)24(28)19-5-3-2-4-6-19/h2-10,20-21H,11-17H2,1H3. The van der Waals surface area contributed by atoms with E-state index in [2.05, 4.69) is 0 Å². The van der Waals surface area contributed by atoms with Crippen molar-refractivity contribution in [1.82, 2.24) is 9.80 Å². The summed E-state index contributed by atoms with van der Waals surface area (Å²) in [6, 6.07) is 17.4. The molecule has 2 aliphatic heterocycles. The Hall–Kier alpha value is -2.82. The first-order valence-corrected chi connectivity index (χ1v) is 10.4. The molecule has 0 N–H and O–H groups in total. The Balaban J connectivity index is 1.39. The summed E-state index contributed by atoms with van der Waals surface area (Å²) < 4.78 is 5.21. The van der Waals surface area contributed by atoms with Crippen molar-refractivity contribution >= 4 is 11.8 Å². The van der Waals surface area contributed by atoms with Crippen molar-refractivity contribution in [1.29, 1.82) is 0 Å². The lowest BCUT2D eigenvalue weighted by atomic mass is 9.82. The van der Waals surface area contributed by atoms with Gasteiger partial charge in [0, 0.05) is 38.2 Å². The number of amides is 2. The minimum Gasteiger partial charge on any atom is -0.497 e. The molecule has 152 valence electrons. The Bertz CT molecular complexity index is 850. The van der Waals surface area contributed by atoms with Crippen LogP contribution in [0.3, 0.4) is 0 Å². The fourth-order valence-electron chi connectivity index (χ4n) is 4.54. The second kappa shape index (κ2) is 8.68. The van der Waals surface area contributed by atoms with E-state index in [1.165, 1.54) is 0 Å². The zero-order valence-electron chi connectivity index (χ0n) is 16.9. The van der Waals surface area contributed by atoms with Crippen LogP contribution < -0.4 is 4.74 Å². The number of nitrogens with zero attached hydrogens (tertiary/aromatic N) is 2. The molecular weight excluding hydrogens is 364 g/mol. The van der Waals surface area contributed by atoms with Gasteiger partial charge in [0.1, 0.15) is 5.75 Å². The Morgan fingerprint density at radius 3 is 2.45 bits per heavy atom. The van der Waals surface area contributed by atoms with E-state index < -0.39 is 0 Å². The number of piperidine rings is 1. The number of hydrogen-bond donors (Lipinski definition) is 0. The molecule has 29 heavy (non-hydrogen) atoms. The molecule has 0 spiro atoms. The number of carbonyl (C=O) groups is 2. The van der Waals surface area contributed by atoms with Crippen molar-refractivity contribution in [2.45, 2.75) is 25.8 Å². The van der Waals surface area contributed by atoms with Gasteiger partial charge in [0.25, 0.3) is 5.91 Å². The molecule has 2 atom stereocenters. The fourth-order valence-corrected chi connectivity index (χ4v) is 4.54. The number of carbonyl (C=O) groups excluding carboxylic acids is 2. The first-order chi connectivity index (χ1) is 14.1. The molecule has 2 aromatic carbocycles. The van der Waals surface area contributed by atoms with E-state index in [9.17, 15) is 9.59 Å². The predicted octanol–water partition coefficient (Wildman–Crippen LogP) is 3.60. The summed E-state index contributed by atoms with van der Waals surface area (Å²) >= 11 is 0. The highest BCUT2D eigenvalue weighted by atomic mass is 16.5. The molecule has 2 saturated heterocycles. The first-order valence-electron chi connectivity index (χ1n) is 10.4. The Kier molecular flexibility index (Phi) is 5.84. The summed E-state index contributed by atoms with van der Waals surface area (Å²) in [6.45, 7) is 2.87. The van der Waals surface area contributed by atoms with E-state index in [0.29, 0.717) is 24.8 Å². The van der Waals surface area contributed by atoms with E-state index in [0.717, 1.165) is 49.4 Å². The summed E-state index contributed by atoms with van der Waals surface area (Å²) in [7, 11) is 1.65. The Morgan fingerprint density at radius 2 is 1.72 bits per heavy atom. The van der Waals surface area contributed by atoms with Crippen LogP contribution in [0.4, 0.5) is 0 Å². The fraction of sp³-hybridized carbons (Fsp3) is 0.417. The molecule has 2 aromatic rings. The number of rotatable bonds is 4. The number of fused-ring (bicyclic) bond motifs is 1. The van der Waals surface area contributed by atoms with Crippen molar-refractivity contribution in [3.63, 3.8) is 0 Å². The van der Waals surface area contributed by atoms with E-state index >= 15 is 0 Å². The summed E-state index contributed by atoms with van der Waals surface area (Å²) in [5, 5.41) is 0. The number of hydrogen-bond acceptors (Lipinski definition) is 3. The van der Waals surface area contributed by atoms with Gasteiger partial charge < -0.3 is 14.5 Å². The van der Waals surface area contributed by atoms with Crippen molar-refractivity contribution in [3.8, 4) is 5.75 Å². The summed E-state index contributed by atoms with van der Waals surface area (Å²) in [4.78, 5) is 29.6. The highest BCUT2D eigenvalue weighted by Gasteiger charge is 2.36. The molecule has 2 fully saturated rings. The van der Waals surface area contributed by atoms with Gasteiger partial charge in [-0.3, -0.25) is 9.59 Å². The Morgan fingerprint density at radius 1 is 1.00 bits per heavy atom. The minimum atomic E-state index is 0.106. The van der Waals surface area contributed by atoms with E-state index in [1.54, 1.807) is 7.11 Å². The zero-order valence-corrected chi connectivity index (χ0v) is 16.9. The van der Waals surface area contributed by atoms with Crippen LogP contribution in [0.5, 0.6) is 5.75 Å². The summed E-state index contributed by atoms with van der Waals surface area (Å²) in [5.74, 6) is 1.93. The second-order valence-corrected chi connectivity index (χ2v) is 8.08. The van der Waals surface area contributed by atoms with Crippen LogP contribution in [0.2, 0.25) is 0 Å². The Labute approximate surface area is 172 Å². The normalized spacial score (nSPS) is 22.0. The van der Waals surface area contributed by atoms with Crippen molar-refractivity contribution in [2.24, 2.45) is 11.8 Å². The molecule has 0 saturated carbocycles. The molecule has 0 radical (unpaired) electrons. The first kappa shape index (κ1) is 19.5. The second-order valence-electron chi connectivity index (χ2n) is 8.08. The van der Waals surface area contributed by atoms with Gasteiger partial charge in [-0.25, -0.2) is 0 Å². The highest BCUT2D eigenvalue weighted by molar-refractivity contribution is 5.94. The van der Waals surface area contributed by atoms with Gasteiger partial charge >= 0.3 is 0 Å². The van der Waals surface area contributed by atoms with Crippen LogP contribution in [-0.2, 0) is 11.3 Å². The maximum Gasteiger partial charge on any atom is 0.253 e. The minimum absolute atomic E-state index is 0.106. The van der Waals surface area contributed by atoms with Gasteiger partial charge in [0.15, 0.2) is 0 Å². The topological polar surface area (TPSA) is 49.9 Å². The van der Waals surface area contributed by atoms with E-state index in [4.69, 9.17) is 4.74 Å². The zero-order chi connectivity index (χ0) is 20.2. The highest BCUT2D eigenvalue weighted by Crippen LogP contribution is 2.33. The third-order valence-corrected chi connectivity index (χ3v) is 6.29. The van der Waals surface area contributed by atoms with Gasteiger partial charge in [0.05, 0.1) is 7.11 Å². The number of ether oxygens (including phenoxy) is 1. The molecule has 2 heterocycles. The summed E-state index contributed by atoms with van der Waals surface area (Å²) in [5.41, 5.74) is 1.86. The van der Waals surface area contributed by atoms with Gasteiger partial charge in [-0.1, -0.05) is 30.3 Å². The lowest BCUT2D eigenvalue weighted by Gasteiger charge is -2.37. The molecule has 2 amide bonds. The molecule has 5 nitrogen and oxygen atoms in total. The number of methoxy groups -OCH3 is 1. The number of likely N-dealkylation sites (tertiary alicyclic amines) is 2. The molecular formula is C24H28N2O3. The largest absolute Gasteiger partial charge is 0.497 e. The smallest absolute Gasteiger partial charge is 0.253 e. The van der Waals surface area contributed by atoms with E-state index in [1.807, 2.05) is 64.4 Å². The molecule has 5 heteroatoms. The quantitative estimate of drug-likeness (QED) is 0.799. The molecule has 2 unspecified atom stereocenters. The average Bonchev–Trinajstić information content (AvgIpc) is 2.92. The lowest BCUT2D eigenvalue weighted by Crippen LogP contribution is -2.43. The third kappa shape index (κ3) is 4.44. The molecule has 0 aliphatic carbocycles. The SMILES string of the molecule is COc1ccc(CN2CCC3CN(C(=O)c4ccccc4)CCC3CC2=O)cc1. The van der Waals surface area contributed by atoms with Crippen LogP contribution in [0, 0.1) is 11.8 Å². The van der Waals surface area contributed by atoms with Crippen LogP contribution in [0.15, 0.2) is 54.6 Å². The summed E-state index contributed by atoms with van der Waals surface area (Å²) in [6.07, 6.45) is 2.45. The lowest BCUT2D eigenvalue weighted by molar-refractivity contribution is -0.132. The maximum absolute atomic E-state index is 12.9. The monoisotopic (exact) mass is 392 g/mol.